The molecule has 0 aliphatic heterocycles. The third-order valence-electron chi connectivity index (χ3n) is 1.25. The van der Waals surface area contributed by atoms with E-state index in [2.05, 4.69) is 10.1 Å². The predicted molar refractivity (Wildman–Crippen MR) is 46.8 cm³/mol. The summed E-state index contributed by atoms with van der Waals surface area (Å²) in [6, 6.07) is 6.53. The van der Waals surface area contributed by atoms with Gasteiger partial charge in [-0.15, -0.1) is 0 Å². The highest BCUT2D eigenvalue weighted by atomic mass is 32.2. The number of hydrogen-bond donors (Lipinski definition) is 3. The number of hydrazine groups is 1. The van der Waals surface area contributed by atoms with Gasteiger partial charge in [-0.3, -0.25) is 10.1 Å². The topological polar surface area (TPSA) is 90.2 Å². The smallest absolute Gasteiger partial charge is 0.0486 e. The summed E-state index contributed by atoms with van der Waals surface area (Å²) >= 11 is -2.28. The van der Waals surface area contributed by atoms with Crippen molar-refractivity contribution in [3.05, 3.63) is 24.3 Å². The van der Waals surface area contributed by atoms with Crippen LogP contribution in [0.4, 0.5) is 11.4 Å². The normalized spacial score (nSPS) is 12.2. The molecular formula is C6H8N3O2S-. The van der Waals surface area contributed by atoms with Crippen LogP contribution < -0.4 is 16.0 Å². The minimum Gasteiger partial charge on any atom is -0.755 e. The molecule has 4 N–H and O–H groups in total. The number of benzene rings is 1. The van der Waals surface area contributed by atoms with E-state index in [1.807, 2.05) is 0 Å². The van der Waals surface area contributed by atoms with Gasteiger partial charge in [0.2, 0.25) is 0 Å². The number of rotatable bonds is 3. The zero-order valence-corrected chi connectivity index (χ0v) is 6.93. The fraction of sp³-hybridized carbons (Fsp3) is 0. The molecular weight excluding hydrogens is 178 g/mol. The van der Waals surface area contributed by atoms with Gasteiger partial charge < -0.3 is 14.7 Å². The van der Waals surface area contributed by atoms with Crippen LogP contribution in [0.2, 0.25) is 0 Å². The highest BCUT2D eigenvalue weighted by Gasteiger charge is 1.90. The van der Waals surface area contributed by atoms with Gasteiger partial charge in [0.05, 0.1) is 0 Å². The Morgan fingerprint density at radius 2 is 1.75 bits per heavy atom. The lowest BCUT2D eigenvalue weighted by molar-refractivity contribution is 0.542. The van der Waals surface area contributed by atoms with E-state index in [4.69, 9.17) is 5.84 Å². The summed E-state index contributed by atoms with van der Waals surface area (Å²) in [6.45, 7) is 0. The van der Waals surface area contributed by atoms with Crippen LogP contribution in [0.5, 0.6) is 0 Å². The molecule has 12 heavy (non-hydrogen) atoms. The summed E-state index contributed by atoms with van der Waals surface area (Å²) < 4.78 is 22.5. The molecule has 0 heterocycles. The maximum absolute atomic E-state index is 10.2. The summed E-state index contributed by atoms with van der Waals surface area (Å²) in [5.41, 5.74) is 3.65. The van der Waals surface area contributed by atoms with Crippen LogP contribution in [-0.2, 0) is 11.3 Å². The molecule has 0 bridgehead atoms. The van der Waals surface area contributed by atoms with Crippen molar-refractivity contribution < 1.29 is 8.76 Å². The Labute approximate surface area is 72.4 Å². The summed E-state index contributed by atoms with van der Waals surface area (Å²) in [7, 11) is 0. The summed E-state index contributed by atoms with van der Waals surface area (Å²) in [5, 5.41) is 0. The van der Waals surface area contributed by atoms with Crippen molar-refractivity contribution in [2.45, 2.75) is 0 Å². The molecule has 5 nitrogen and oxygen atoms in total. The van der Waals surface area contributed by atoms with E-state index in [9.17, 15) is 8.76 Å². The molecule has 1 aromatic carbocycles. The van der Waals surface area contributed by atoms with Gasteiger partial charge in [-0.2, -0.15) is 0 Å². The number of nitrogens with one attached hydrogen (secondary N) is 2. The van der Waals surface area contributed by atoms with Crippen molar-refractivity contribution in [3.63, 3.8) is 0 Å². The fourth-order valence-electron chi connectivity index (χ4n) is 0.731. The monoisotopic (exact) mass is 186 g/mol. The summed E-state index contributed by atoms with van der Waals surface area (Å²) in [5.74, 6) is 5.11. The first-order chi connectivity index (χ1) is 5.72. The molecule has 0 spiro atoms. The molecule has 0 amide bonds. The number of hydrogen-bond acceptors (Lipinski definition) is 4. The Kier molecular flexibility index (Phi) is 3.03. The van der Waals surface area contributed by atoms with E-state index in [1.165, 1.54) is 0 Å². The SMILES string of the molecule is NNc1ccc(NS(=O)[O-])cc1. The van der Waals surface area contributed by atoms with E-state index < -0.39 is 11.3 Å². The van der Waals surface area contributed by atoms with Crippen molar-refractivity contribution in [2.24, 2.45) is 5.84 Å². The van der Waals surface area contributed by atoms with E-state index in [0.717, 1.165) is 5.69 Å². The Hall–Kier alpha value is -1.11. The second-order valence-corrected chi connectivity index (χ2v) is 2.73. The molecule has 1 unspecified atom stereocenters. The molecule has 1 rings (SSSR count). The quantitative estimate of drug-likeness (QED) is 0.357. The lowest BCUT2D eigenvalue weighted by Crippen LogP contribution is -2.07. The molecule has 0 saturated carbocycles. The van der Waals surface area contributed by atoms with Crippen molar-refractivity contribution in [1.82, 2.24) is 0 Å². The van der Waals surface area contributed by atoms with E-state index in [-0.39, 0.29) is 0 Å². The standard InChI is InChI=1S/C6H9N3O2S/c7-8-5-1-3-6(4-2-5)9-12(10)11/h1-4,8-9H,7H2,(H,10,11)/p-1. The summed E-state index contributed by atoms with van der Waals surface area (Å²) in [4.78, 5) is 0. The number of anilines is 2. The van der Waals surface area contributed by atoms with Crippen LogP contribution >= 0.6 is 0 Å². The predicted octanol–water partition coefficient (Wildman–Crippen LogP) is 0.178. The molecule has 0 saturated heterocycles. The average Bonchev–Trinajstić information content (AvgIpc) is 2.05. The van der Waals surface area contributed by atoms with Gasteiger partial charge in [0, 0.05) is 22.6 Å². The third kappa shape index (κ3) is 2.50. The van der Waals surface area contributed by atoms with Crippen molar-refractivity contribution in [1.29, 1.82) is 0 Å². The second kappa shape index (κ2) is 4.05. The first kappa shape index (κ1) is 8.98. The van der Waals surface area contributed by atoms with Gasteiger partial charge in [0.15, 0.2) is 0 Å². The maximum atomic E-state index is 10.2. The first-order valence-electron chi connectivity index (χ1n) is 3.15. The van der Waals surface area contributed by atoms with E-state index in [1.54, 1.807) is 24.3 Å². The van der Waals surface area contributed by atoms with Gasteiger partial charge >= 0.3 is 0 Å². The van der Waals surface area contributed by atoms with Gasteiger partial charge in [0.25, 0.3) is 0 Å². The molecule has 0 fully saturated rings. The van der Waals surface area contributed by atoms with Gasteiger partial charge in [-0.05, 0) is 24.3 Å². The third-order valence-corrected chi connectivity index (χ3v) is 1.66. The molecule has 1 aromatic rings. The summed E-state index contributed by atoms with van der Waals surface area (Å²) in [6.07, 6.45) is 0. The van der Waals surface area contributed by atoms with Gasteiger partial charge in [0.1, 0.15) is 0 Å². The lowest BCUT2D eigenvalue weighted by atomic mass is 10.3. The molecule has 66 valence electrons. The molecule has 6 heteroatoms. The van der Waals surface area contributed by atoms with Crippen molar-refractivity contribution in [2.75, 3.05) is 10.1 Å². The molecule has 0 aliphatic rings. The van der Waals surface area contributed by atoms with Crippen LogP contribution in [0.25, 0.3) is 0 Å². The fourth-order valence-corrected chi connectivity index (χ4v) is 1.06. The molecule has 1 atom stereocenters. The van der Waals surface area contributed by atoms with Crippen LogP contribution in [0, 0.1) is 0 Å². The van der Waals surface area contributed by atoms with E-state index >= 15 is 0 Å². The highest BCUT2D eigenvalue weighted by Crippen LogP contribution is 2.12. The van der Waals surface area contributed by atoms with Crippen LogP contribution in [-0.4, -0.2) is 8.76 Å². The zero-order chi connectivity index (χ0) is 8.97. The molecule has 0 aliphatic carbocycles. The van der Waals surface area contributed by atoms with Crippen molar-refractivity contribution >= 4 is 22.6 Å². The molecule has 0 radical (unpaired) electrons. The maximum Gasteiger partial charge on any atom is 0.0486 e. The van der Waals surface area contributed by atoms with Gasteiger partial charge in [-0.25, -0.2) is 0 Å². The second-order valence-electron chi connectivity index (χ2n) is 2.06. The van der Waals surface area contributed by atoms with Crippen LogP contribution in [0.1, 0.15) is 0 Å². The Morgan fingerprint density at radius 1 is 1.25 bits per heavy atom. The minimum absolute atomic E-state index is 0.502. The first-order valence-corrected chi connectivity index (χ1v) is 4.22. The zero-order valence-electron chi connectivity index (χ0n) is 6.11. The van der Waals surface area contributed by atoms with Crippen LogP contribution in [0.15, 0.2) is 24.3 Å². The van der Waals surface area contributed by atoms with Crippen LogP contribution in [0.3, 0.4) is 0 Å². The number of nitrogens with two attached hydrogens (primary N) is 1. The molecule has 0 aromatic heterocycles. The Bertz CT molecular complexity index is 275. The van der Waals surface area contributed by atoms with Gasteiger partial charge in [-0.1, -0.05) is 0 Å². The van der Waals surface area contributed by atoms with E-state index in [0.29, 0.717) is 5.69 Å². The minimum atomic E-state index is -2.28. The lowest BCUT2D eigenvalue weighted by Gasteiger charge is -2.08. The highest BCUT2D eigenvalue weighted by molar-refractivity contribution is 7.80. The Morgan fingerprint density at radius 3 is 2.17 bits per heavy atom. The average molecular weight is 186 g/mol. The van der Waals surface area contributed by atoms with Crippen molar-refractivity contribution in [3.8, 4) is 0 Å². The number of nitrogen functional groups attached to an aromatic ring is 1. The largest absolute Gasteiger partial charge is 0.755 e. The Balaban J connectivity index is 2.71.